The number of fused-ring (bicyclic) bond motifs is 1. The van der Waals surface area contributed by atoms with Gasteiger partial charge >= 0.3 is 0 Å². The van der Waals surface area contributed by atoms with E-state index in [4.69, 9.17) is 12.2 Å². The number of H-pyrrole nitrogens is 2. The number of hydrogen-bond acceptors (Lipinski definition) is 3. The summed E-state index contributed by atoms with van der Waals surface area (Å²) in [6.45, 7) is 1.88. The normalized spacial score (nSPS) is 13.6. The van der Waals surface area contributed by atoms with E-state index in [1.54, 1.807) is 6.07 Å². The van der Waals surface area contributed by atoms with Gasteiger partial charge in [0.05, 0.1) is 10.9 Å². The molecular formula is C12H8BrN3O2S. The Kier molecular flexibility index (Phi) is 2.68. The molecule has 0 bridgehead atoms. The Morgan fingerprint density at radius 2 is 2.11 bits per heavy atom. The maximum Gasteiger partial charge on any atom is 0.280 e. The van der Waals surface area contributed by atoms with Gasteiger partial charge in [0.2, 0.25) is 5.88 Å². The number of halogens is 1. The van der Waals surface area contributed by atoms with Gasteiger partial charge in [0, 0.05) is 9.69 Å². The van der Waals surface area contributed by atoms with Crippen LogP contribution in [0, 0.1) is 11.7 Å². The van der Waals surface area contributed by atoms with Gasteiger partial charge in [-0.1, -0.05) is 15.9 Å². The molecule has 1 aromatic carbocycles. The molecule has 19 heavy (non-hydrogen) atoms. The smallest absolute Gasteiger partial charge is 0.280 e. The summed E-state index contributed by atoms with van der Waals surface area (Å²) in [6, 6.07) is 3.69. The lowest BCUT2D eigenvalue weighted by Gasteiger charge is -1.98. The van der Waals surface area contributed by atoms with Gasteiger partial charge in [-0.15, -0.1) is 0 Å². The molecule has 2 aromatic rings. The lowest BCUT2D eigenvalue weighted by Crippen LogP contribution is -2.26. The van der Waals surface area contributed by atoms with Crippen LogP contribution in [0.2, 0.25) is 0 Å². The Bertz CT molecular complexity index is 895. The molecule has 0 atom stereocenters. The van der Waals surface area contributed by atoms with Gasteiger partial charge in [-0.05, 0) is 36.8 Å². The summed E-state index contributed by atoms with van der Waals surface area (Å²) in [4.78, 5) is 21.4. The number of carbonyl (C=O) groups excluding carboxylic acids is 1. The zero-order valence-electron chi connectivity index (χ0n) is 9.74. The van der Waals surface area contributed by atoms with E-state index in [2.05, 4.69) is 30.9 Å². The maximum absolute atomic E-state index is 12.1. The number of nitrogens with one attached hydrogen (secondary N) is 2. The van der Waals surface area contributed by atoms with Crippen LogP contribution in [-0.2, 0) is 4.79 Å². The van der Waals surface area contributed by atoms with Crippen molar-refractivity contribution in [3.8, 4) is 5.88 Å². The number of amides is 1. The Hall–Kier alpha value is -1.73. The maximum atomic E-state index is 12.1. The first kappa shape index (κ1) is 12.3. The van der Waals surface area contributed by atoms with E-state index in [9.17, 15) is 9.90 Å². The minimum atomic E-state index is -0.392. The monoisotopic (exact) mass is 337 g/mol. The summed E-state index contributed by atoms with van der Waals surface area (Å²) in [5.74, 6) is -0.550. The van der Waals surface area contributed by atoms with E-state index in [1.807, 2.05) is 13.0 Å². The van der Waals surface area contributed by atoms with Crippen molar-refractivity contribution in [3.63, 3.8) is 0 Å². The molecule has 0 saturated carbocycles. The van der Waals surface area contributed by atoms with E-state index < -0.39 is 5.91 Å². The van der Waals surface area contributed by atoms with E-state index in [0.29, 0.717) is 16.1 Å². The Labute approximate surface area is 120 Å². The number of aromatic nitrogens is 2. The van der Waals surface area contributed by atoms with Gasteiger partial charge in [-0.3, -0.25) is 4.79 Å². The number of aromatic hydroxyl groups is 1. The van der Waals surface area contributed by atoms with E-state index in [0.717, 1.165) is 10.0 Å². The third-order valence-corrected chi connectivity index (χ3v) is 3.58. The number of hydrogen-bond donors (Lipinski definition) is 3. The minimum Gasteiger partial charge on any atom is -0.493 e. The van der Waals surface area contributed by atoms with E-state index in [1.165, 1.54) is 0 Å². The van der Waals surface area contributed by atoms with Gasteiger partial charge in [0.1, 0.15) is 5.69 Å². The summed E-state index contributed by atoms with van der Waals surface area (Å²) in [5, 5.41) is 11.1. The van der Waals surface area contributed by atoms with E-state index in [-0.39, 0.29) is 16.3 Å². The number of aryl methyl sites for hydroxylation is 1. The number of imidazole rings is 1. The molecule has 1 amide bonds. The van der Waals surface area contributed by atoms with Crippen LogP contribution in [0.3, 0.4) is 0 Å². The van der Waals surface area contributed by atoms with Crippen LogP contribution in [0.5, 0.6) is 5.88 Å². The number of benzene rings is 1. The number of nitrogens with zero attached hydrogens (tertiary/aromatic N) is 1. The fraction of sp³-hybridized carbons (Fsp3) is 0.0833. The second-order valence-electron chi connectivity index (χ2n) is 4.21. The van der Waals surface area contributed by atoms with Gasteiger partial charge in [-0.25, -0.2) is 4.99 Å². The largest absolute Gasteiger partial charge is 0.493 e. The molecule has 3 N–H and O–H groups in total. The summed E-state index contributed by atoms with van der Waals surface area (Å²) in [6.07, 6.45) is 0. The van der Waals surface area contributed by atoms with Gasteiger partial charge in [-0.2, -0.15) is 0 Å². The molecule has 1 aliphatic heterocycles. The second kappa shape index (κ2) is 4.14. The summed E-state index contributed by atoms with van der Waals surface area (Å²) in [7, 11) is 0. The summed E-state index contributed by atoms with van der Waals surface area (Å²) < 4.78 is 1.10. The molecule has 0 aliphatic carbocycles. The number of carbonyl (C=O) groups is 1. The summed E-state index contributed by atoms with van der Waals surface area (Å²) in [5.41, 5.74) is 1.49. The van der Waals surface area contributed by atoms with Crippen molar-refractivity contribution in [1.82, 2.24) is 9.97 Å². The second-order valence-corrected chi connectivity index (χ2v) is 5.54. The van der Waals surface area contributed by atoms with Crippen molar-refractivity contribution < 1.29 is 9.90 Å². The summed E-state index contributed by atoms with van der Waals surface area (Å²) >= 11 is 8.30. The number of aromatic amines is 2. The Morgan fingerprint density at radius 3 is 2.74 bits per heavy atom. The molecule has 0 radical (unpaired) electrons. The SMILES string of the molecule is Cc1cc(Br)cc2c1=NC(=O)C=2c1[nH]c(=S)[nH]c1O. The first-order valence-corrected chi connectivity index (χ1v) is 6.62. The highest BCUT2D eigenvalue weighted by molar-refractivity contribution is 9.10. The number of rotatable bonds is 1. The minimum absolute atomic E-state index is 0.158. The zero-order chi connectivity index (χ0) is 13.7. The predicted molar refractivity (Wildman–Crippen MR) is 74.8 cm³/mol. The molecule has 5 nitrogen and oxygen atoms in total. The van der Waals surface area contributed by atoms with Crippen LogP contribution in [0.25, 0.3) is 5.57 Å². The molecule has 0 fully saturated rings. The van der Waals surface area contributed by atoms with Crippen molar-refractivity contribution in [2.24, 2.45) is 4.99 Å². The molecular weight excluding hydrogens is 330 g/mol. The van der Waals surface area contributed by atoms with Crippen molar-refractivity contribution in [3.05, 3.63) is 43.2 Å². The first-order valence-electron chi connectivity index (χ1n) is 5.42. The average molecular weight is 338 g/mol. The molecule has 2 heterocycles. The molecule has 7 heteroatoms. The Balaban J connectivity index is 2.49. The highest BCUT2D eigenvalue weighted by Gasteiger charge is 2.23. The van der Waals surface area contributed by atoms with Gasteiger partial charge in [0.15, 0.2) is 4.77 Å². The zero-order valence-corrected chi connectivity index (χ0v) is 12.1. The van der Waals surface area contributed by atoms with E-state index >= 15 is 0 Å². The van der Waals surface area contributed by atoms with Crippen molar-refractivity contribution in [2.45, 2.75) is 6.92 Å². The van der Waals surface area contributed by atoms with Crippen LogP contribution in [0.15, 0.2) is 21.6 Å². The van der Waals surface area contributed by atoms with Crippen LogP contribution in [0.4, 0.5) is 0 Å². The van der Waals surface area contributed by atoms with Crippen LogP contribution >= 0.6 is 28.1 Å². The van der Waals surface area contributed by atoms with Crippen LogP contribution < -0.4 is 10.6 Å². The topological polar surface area (TPSA) is 81.2 Å². The molecule has 96 valence electrons. The van der Waals surface area contributed by atoms with Gasteiger partial charge < -0.3 is 15.1 Å². The quantitative estimate of drug-likeness (QED) is 0.684. The lowest BCUT2D eigenvalue weighted by molar-refractivity contribution is -0.112. The van der Waals surface area contributed by atoms with Crippen molar-refractivity contribution in [2.75, 3.05) is 0 Å². The molecule has 0 unspecified atom stereocenters. The predicted octanol–water partition coefficient (Wildman–Crippen LogP) is 1.21. The van der Waals surface area contributed by atoms with Crippen molar-refractivity contribution in [1.29, 1.82) is 0 Å². The third-order valence-electron chi connectivity index (χ3n) is 2.92. The molecule has 0 spiro atoms. The standard InChI is InChI=1S/C12H8BrN3O2S/c1-4-2-5(13)3-6-7(10(17)14-8(4)6)9-11(18)16-12(19)15-9/h2-3,18H,1H3,(H2,15,16,19). The highest BCUT2D eigenvalue weighted by Crippen LogP contribution is 2.22. The fourth-order valence-corrected chi connectivity index (χ4v) is 2.91. The molecule has 1 aliphatic rings. The van der Waals surface area contributed by atoms with Crippen LogP contribution in [0.1, 0.15) is 11.3 Å². The Morgan fingerprint density at radius 1 is 1.37 bits per heavy atom. The highest BCUT2D eigenvalue weighted by atomic mass is 79.9. The molecule has 3 rings (SSSR count). The average Bonchev–Trinajstić information content (AvgIpc) is 2.78. The molecule has 0 saturated heterocycles. The fourth-order valence-electron chi connectivity index (χ4n) is 2.14. The molecule has 1 aromatic heterocycles. The third kappa shape index (κ3) is 1.85. The van der Waals surface area contributed by atoms with Crippen molar-refractivity contribution >= 4 is 39.6 Å². The van der Waals surface area contributed by atoms with Gasteiger partial charge in [0.25, 0.3) is 5.91 Å². The van der Waals surface area contributed by atoms with Crippen LogP contribution in [-0.4, -0.2) is 21.0 Å². The first-order chi connectivity index (χ1) is 8.97. The lowest BCUT2D eigenvalue weighted by atomic mass is 10.1.